The molecule has 3 heteroatoms. The van der Waals surface area contributed by atoms with Crippen LogP contribution < -0.4 is 5.32 Å². The molecule has 0 spiro atoms. The first-order valence-electron chi connectivity index (χ1n) is 4.78. The van der Waals surface area contributed by atoms with Gasteiger partial charge in [-0.25, -0.2) is 0 Å². The molecule has 1 aliphatic rings. The van der Waals surface area contributed by atoms with E-state index in [1.165, 1.54) is 0 Å². The number of phenols is 1. The van der Waals surface area contributed by atoms with Gasteiger partial charge in [0.2, 0.25) is 5.91 Å². The Morgan fingerprint density at radius 2 is 2.29 bits per heavy atom. The second-order valence-electron chi connectivity index (χ2n) is 3.65. The minimum atomic E-state index is -0.118. The van der Waals surface area contributed by atoms with E-state index in [9.17, 15) is 9.90 Å². The molecule has 2 N–H and O–H groups in total. The molecule has 14 heavy (non-hydrogen) atoms. The monoisotopic (exact) mass is 191 g/mol. The first-order valence-corrected chi connectivity index (χ1v) is 4.78. The van der Waals surface area contributed by atoms with E-state index in [0.717, 1.165) is 17.5 Å². The van der Waals surface area contributed by atoms with Crippen LogP contribution in [0.3, 0.4) is 0 Å². The molecular weight excluding hydrogens is 178 g/mol. The first-order chi connectivity index (χ1) is 6.68. The molecule has 0 bridgehead atoms. The molecule has 2 rings (SSSR count). The molecule has 0 saturated heterocycles. The molecule has 1 heterocycles. The number of carbonyl (C=O) groups is 1. The molecule has 3 nitrogen and oxygen atoms in total. The molecule has 1 amide bonds. The van der Waals surface area contributed by atoms with E-state index >= 15 is 0 Å². The van der Waals surface area contributed by atoms with Gasteiger partial charge in [0.1, 0.15) is 5.75 Å². The molecule has 0 radical (unpaired) electrons. The molecule has 0 fully saturated rings. The highest BCUT2D eigenvalue weighted by molar-refractivity contribution is 5.84. The number of nitrogens with one attached hydrogen (secondary N) is 1. The molecule has 0 aromatic heterocycles. The SMILES string of the molecule is CC1C(=O)NCCc2cc(O)ccc21. The molecule has 1 aliphatic heterocycles. The lowest BCUT2D eigenvalue weighted by Gasteiger charge is -2.10. The van der Waals surface area contributed by atoms with Crippen LogP contribution in [0.5, 0.6) is 5.75 Å². The lowest BCUT2D eigenvalue weighted by Crippen LogP contribution is -2.26. The van der Waals surface area contributed by atoms with Crippen molar-refractivity contribution in [3.63, 3.8) is 0 Å². The molecule has 1 aromatic rings. The van der Waals surface area contributed by atoms with Crippen LogP contribution in [0.15, 0.2) is 18.2 Å². The first kappa shape index (κ1) is 9.06. The van der Waals surface area contributed by atoms with E-state index in [1.54, 1.807) is 12.1 Å². The van der Waals surface area contributed by atoms with Crippen molar-refractivity contribution in [3.05, 3.63) is 29.3 Å². The summed E-state index contributed by atoms with van der Waals surface area (Å²) in [7, 11) is 0. The lowest BCUT2D eigenvalue weighted by atomic mass is 9.95. The highest BCUT2D eigenvalue weighted by Crippen LogP contribution is 2.26. The number of fused-ring (bicyclic) bond motifs is 1. The Bertz CT molecular complexity index is 374. The van der Waals surface area contributed by atoms with Crippen molar-refractivity contribution >= 4 is 5.91 Å². The normalized spacial score (nSPS) is 20.9. The van der Waals surface area contributed by atoms with Crippen LogP contribution >= 0.6 is 0 Å². The van der Waals surface area contributed by atoms with Crippen LogP contribution in [0.4, 0.5) is 0 Å². The van der Waals surface area contributed by atoms with Gasteiger partial charge in [-0.3, -0.25) is 4.79 Å². The number of amides is 1. The predicted molar refractivity (Wildman–Crippen MR) is 53.2 cm³/mol. The number of rotatable bonds is 0. The minimum absolute atomic E-state index is 0.0643. The van der Waals surface area contributed by atoms with Gasteiger partial charge in [-0.15, -0.1) is 0 Å². The van der Waals surface area contributed by atoms with Crippen LogP contribution in [0.2, 0.25) is 0 Å². The zero-order valence-electron chi connectivity index (χ0n) is 8.08. The standard InChI is InChI=1S/C11H13NO2/c1-7-10-3-2-9(13)6-8(10)4-5-12-11(7)14/h2-3,6-7,13H,4-5H2,1H3,(H,12,14). The highest BCUT2D eigenvalue weighted by atomic mass is 16.3. The van der Waals surface area contributed by atoms with E-state index in [0.29, 0.717) is 6.54 Å². The third-order valence-electron chi connectivity index (χ3n) is 2.68. The summed E-state index contributed by atoms with van der Waals surface area (Å²) in [6.45, 7) is 2.54. The summed E-state index contributed by atoms with van der Waals surface area (Å²) in [4.78, 5) is 11.5. The fraction of sp³-hybridized carbons (Fsp3) is 0.364. The maximum Gasteiger partial charge on any atom is 0.227 e. The topological polar surface area (TPSA) is 49.3 Å². The average molecular weight is 191 g/mol. The second kappa shape index (κ2) is 3.33. The van der Waals surface area contributed by atoms with Crippen LogP contribution in [-0.4, -0.2) is 17.6 Å². The Hall–Kier alpha value is -1.51. The average Bonchev–Trinajstić information content (AvgIpc) is 2.28. The van der Waals surface area contributed by atoms with Gasteiger partial charge >= 0.3 is 0 Å². The Morgan fingerprint density at radius 3 is 3.07 bits per heavy atom. The van der Waals surface area contributed by atoms with Crippen molar-refractivity contribution in [2.75, 3.05) is 6.54 Å². The molecule has 0 aliphatic carbocycles. The van der Waals surface area contributed by atoms with Gasteiger partial charge in [0.25, 0.3) is 0 Å². The largest absolute Gasteiger partial charge is 0.508 e. The van der Waals surface area contributed by atoms with Gasteiger partial charge < -0.3 is 10.4 Å². The van der Waals surface area contributed by atoms with Crippen LogP contribution in [0.1, 0.15) is 24.0 Å². The third kappa shape index (κ3) is 1.45. The summed E-state index contributed by atoms with van der Waals surface area (Å²) < 4.78 is 0. The van der Waals surface area contributed by atoms with Crippen molar-refractivity contribution < 1.29 is 9.90 Å². The number of phenolic OH excluding ortho intramolecular Hbond substituents is 1. The molecule has 1 aromatic carbocycles. The quantitative estimate of drug-likeness (QED) is 0.646. The smallest absolute Gasteiger partial charge is 0.227 e. The molecule has 1 atom stereocenters. The fourth-order valence-corrected chi connectivity index (χ4v) is 1.85. The predicted octanol–water partition coefficient (Wildman–Crippen LogP) is 1.17. The summed E-state index contributed by atoms with van der Waals surface area (Å²) >= 11 is 0. The summed E-state index contributed by atoms with van der Waals surface area (Å²) in [6.07, 6.45) is 0.791. The zero-order chi connectivity index (χ0) is 10.1. The summed E-state index contributed by atoms with van der Waals surface area (Å²) in [5.41, 5.74) is 2.09. The highest BCUT2D eigenvalue weighted by Gasteiger charge is 2.21. The molecule has 1 unspecified atom stereocenters. The van der Waals surface area contributed by atoms with E-state index in [4.69, 9.17) is 0 Å². The fourth-order valence-electron chi connectivity index (χ4n) is 1.85. The van der Waals surface area contributed by atoms with Crippen LogP contribution in [0.25, 0.3) is 0 Å². The molecular formula is C11H13NO2. The Labute approximate surface area is 82.8 Å². The van der Waals surface area contributed by atoms with Crippen molar-refractivity contribution in [2.24, 2.45) is 0 Å². The zero-order valence-corrected chi connectivity index (χ0v) is 8.08. The van der Waals surface area contributed by atoms with Crippen molar-refractivity contribution in [1.29, 1.82) is 0 Å². The lowest BCUT2D eigenvalue weighted by molar-refractivity contribution is -0.121. The number of carbonyl (C=O) groups excluding carboxylic acids is 1. The number of hydrogen-bond donors (Lipinski definition) is 2. The van der Waals surface area contributed by atoms with Gasteiger partial charge in [0, 0.05) is 6.54 Å². The number of benzene rings is 1. The maximum absolute atomic E-state index is 11.5. The second-order valence-corrected chi connectivity index (χ2v) is 3.65. The summed E-state index contributed by atoms with van der Waals surface area (Å²) in [5.74, 6) is 0.216. The Kier molecular flexibility index (Phi) is 2.15. The van der Waals surface area contributed by atoms with Crippen molar-refractivity contribution in [1.82, 2.24) is 5.32 Å². The molecule has 0 saturated carbocycles. The number of aromatic hydroxyl groups is 1. The maximum atomic E-state index is 11.5. The van der Waals surface area contributed by atoms with Gasteiger partial charge in [-0.05, 0) is 36.6 Å². The van der Waals surface area contributed by atoms with Gasteiger partial charge in [0.05, 0.1) is 5.92 Å². The van der Waals surface area contributed by atoms with Crippen molar-refractivity contribution in [2.45, 2.75) is 19.3 Å². The van der Waals surface area contributed by atoms with Crippen molar-refractivity contribution in [3.8, 4) is 5.75 Å². The van der Waals surface area contributed by atoms with Gasteiger partial charge in [0.15, 0.2) is 0 Å². The van der Waals surface area contributed by atoms with E-state index in [2.05, 4.69) is 5.32 Å². The van der Waals surface area contributed by atoms with Crippen LogP contribution in [0, 0.1) is 0 Å². The minimum Gasteiger partial charge on any atom is -0.508 e. The van der Waals surface area contributed by atoms with Gasteiger partial charge in [-0.1, -0.05) is 6.07 Å². The summed E-state index contributed by atoms with van der Waals surface area (Å²) in [5, 5.41) is 12.2. The summed E-state index contributed by atoms with van der Waals surface area (Å²) in [6, 6.07) is 5.21. The van der Waals surface area contributed by atoms with E-state index < -0.39 is 0 Å². The Morgan fingerprint density at radius 1 is 1.50 bits per heavy atom. The van der Waals surface area contributed by atoms with Crippen LogP contribution in [-0.2, 0) is 11.2 Å². The van der Waals surface area contributed by atoms with E-state index in [1.807, 2.05) is 13.0 Å². The Balaban J connectivity index is 2.48. The third-order valence-corrected chi connectivity index (χ3v) is 2.68. The molecule has 74 valence electrons. The van der Waals surface area contributed by atoms with E-state index in [-0.39, 0.29) is 17.6 Å². The van der Waals surface area contributed by atoms with Gasteiger partial charge in [-0.2, -0.15) is 0 Å². The number of hydrogen-bond acceptors (Lipinski definition) is 2.